The second-order valence-electron chi connectivity index (χ2n) is 6.01. The third-order valence-corrected chi connectivity index (χ3v) is 12.8. The molecule has 4 rings (SSSR count). The average Bonchev–Trinajstić information content (AvgIpc) is 3.03. The van der Waals surface area contributed by atoms with E-state index in [4.69, 9.17) is 0 Å². The third kappa shape index (κ3) is 1.92. The predicted octanol–water partition coefficient (Wildman–Crippen LogP) is 4.94. The van der Waals surface area contributed by atoms with Gasteiger partial charge in [0, 0.05) is 23.0 Å². The monoisotopic (exact) mass is 318 g/mol. The van der Waals surface area contributed by atoms with Crippen LogP contribution in [0.15, 0.2) is 0 Å². The number of rotatable bonds is 0. The summed E-state index contributed by atoms with van der Waals surface area (Å²) < 4.78 is 1.31. The first-order valence-corrected chi connectivity index (χ1v) is 11.3. The van der Waals surface area contributed by atoms with Crippen LogP contribution in [0.2, 0.25) is 0 Å². The lowest BCUT2D eigenvalue weighted by Crippen LogP contribution is -2.49. The van der Waals surface area contributed by atoms with Crippen molar-refractivity contribution in [3.05, 3.63) is 0 Å². The van der Waals surface area contributed by atoms with Crippen molar-refractivity contribution in [3.63, 3.8) is 0 Å². The van der Waals surface area contributed by atoms with Gasteiger partial charge in [-0.15, -0.1) is 47.0 Å². The lowest BCUT2D eigenvalue weighted by Gasteiger charge is -2.54. The van der Waals surface area contributed by atoms with E-state index in [-0.39, 0.29) is 0 Å². The molecule has 0 radical (unpaired) electrons. The van der Waals surface area contributed by atoms with Crippen molar-refractivity contribution < 1.29 is 0 Å². The molecule has 4 aliphatic rings. The molecule has 4 heteroatoms. The summed E-state index contributed by atoms with van der Waals surface area (Å²) in [5.74, 6) is 7.75. The maximum Gasteiger partial charge on any atom is 0.0643 e. The van der Waals surface area contributed by atoms with Gasteiger partial charge in [-0.3, -0.25) is 0 Å². The number of hydrogen-bond acceptors (Lipinski definition) is 4. The van der Waals surface area contributed by atoms with E-state index in [1.54, 1.807) is 0 Å². The van der Waals surface area contributed by atoms with Crippen LogP contribution in [0.4, 0.5) is 0 Å². The Morgan fingerprint density at radius 2 is 1.00 bits per heavy atom. The number of thioether (sulfide) groups is 4. The summed E-state index contributed by atoms with van der Waals surface area (Å²) in [6.45, 7) is 0. The van der Waals surface area contributed by atoms with E-state index < -0.39 is 0 Å². The Labute approximate surface area is 128 Å². The standard InChI is InChI=1S/C14H22S4/c1-3-11-12(13(5-1)15-7-8-16-13)4-2-6-14(11)17-9-10-18-14/h11-12H,1-10H2. The molecule has 0 nitrogen and oxygen atoms in total. The Balaban J connectivity index is 1.65. The molecule has 102 valence electrons. The molecular weight excluding hydrogens is 296 g/mol. The Hall–Kier alpha value is 1.40. The summed E-state index contributed by atoms with van der Waals surface area (Å²) in [4.78, 5) is 0. The van der Waals surface area contributed by atoms with Crippen LogP contribution in [-0.2, 0) is 0 Å². The maximum absolute atomic E-state index is 2.34. The van der Waals surface area contributed by atoms with Gasteiger partial charge in [-0.25, -0.2) is 0 Å². The van der Waals surface area contributed by atoms with Crippen LogP contribution in [0.3, 0.4) is 0 Å². The molecule has 2 saturated carbocycles. The van der Waals surface area contributed by atoms with Gasteiger partial charge in [-0.2, -0.15) is 0 Å². The molecule has 4 fully saturated rings. The van der Waals surface area contributed by atoms with E-state index in [2.05, 4.69) is 47.0 Å². The van der Waals surface area contributed by atoms with Crippen LogP contribution in [0.25, 0.3) is 0 Å². The van der Waals surface area contributed by atoms with Gasteiger partial charge in [-0.05, 0) is 37.5 Å². The summed E-state index contributed by atoms with van der Waals surface area (Å²) in [6, 6.07) is 0. The first-order chi connectivity index (χ1) is 8.85. The van der Waals surface area contributed by atoms with Crippen molar-refractivity contribution in [2.24, 2.45) is 11.8 Å². The minimum Gasteiger partial charge on any atom is -0.143 e. The Kier molecular flexibility index (Phi) is 3.63. The zero-order valence-electron chi connectivity index (χ0n) is 10.9. The smallest absolute Gasteiger partial charge is 0.0643 e. The molecule has 0 aromatic rings. The molecule has 2 aliphatic heterocycles. The normalized spacial score (nSPS) is 41.3. The van der Waals surface area contributed by atoms with Crippen molar-refractivity contribution in [2.45, 2.75) is 46.7 Å². The largest absolute Gasteiger partial charge is 0.143 e. The molecule has 2 atom stereocenters. The van der Waals surface area contributed by atoms with E-state index >= 15 is 0 Å². The molecule has 0 amide bonds. The van der Waals surface area contributed by atoms with E-state index in [0.717, 1.165) is 11.8 Å². The topological polar surface area (TPSA) is 0 Å². The molecule has 2 spiro atoms. The van der Waals surface area contributed by atoms with Crippen LogP contribution in [-0.4, -0.2) is 31.2 Å². The fraction of sp³-hybridized carbons (Fsp3) is 1.00. The van der Waals surface area contributed by atoms with Gasteiger partial charge < -0.3 is 0 Å². The number of fused-ring (bicyclic) bond motifs is 3. The molecule has 2 aliphatic carbocycles. The van der Waals surface area contributed by atoms with Gasteiger partial charge in [0.15, 0.2) is 0 Å². The Morgan fingerprint density at radius 1 is 0.611 bits per heavy atom. The summed E-state index contributed by atoms with van der Waals surface area (Å²) in [5, 5.41) is 0. The van der Waals surface area contributed by atoms with Crippen LogP contribution in [0, 0.1) is 11.8 Å². The zero-order valence-corrected chi connectivity index (χ0v) is 14.1. The molecule has 2 saturated heterocycles. The van der Waals surface area contributed by atoms with Crippen molar-refractivity contribution in [2.75, 3.05) is 23.0 Å². The van der Waals surface area contributed by atoms with Crippen LogP contribution >= 0.6 is 47.0 Å². The second kappa shape index (κ2) is 4.99. The molecule has 0 aromatic carbocycles. The van der Waals surface area contributed by atoms with E-state index in [1.807, 2.05) is 0 Å². The van der Waals surface area contributed by atoms with Gasteiger partial charge in [-0.1, -0.05) is 12.8 Å². The van der Waals surface area contributed by atoms with Gasteiger partial charge >= 0.3 is 0 Å². The van der Waals surface area contributed by atoms with E-state index in [9.17, 15) is 0 Å². The fourth-order valence-corrected chi connectivity index (χ4v) is 12.1. The van der Waals surface area contributed by atoms with Crippen molar-refractivity contribution in [1.29, 1.82) is 0 Å². The van der Waals surface area contributed by atoms with E-state index in [1.165, 1.54) is 61.5 Å². The quantitative estimate of drug-likeness (QED) is 0.620. The highest BCUT2D eigenvalue weighted by Gasteiger charge is 2.57. The summed E-state index contributed by atoms with van der Waals surface area (Å²) in [5.41, 5.74) is 0. The maximum atomic E-state index is 2.34. The highest BCUT2D eigenvalue weighted by Crippen LogP contribution is 2.67. The summed E-state index contributed by atoms with van der Waals surface area (Å²) >= 11 is 9.35. The summed E-state index contributed by atoms with van der Waals surface area (Å²) in [6.07, 6.45) is 9.10. The highest BCUT2D eigenvalue weighted by molar-refractivity contribution is 8.22. The zero-order chi connectivity index (χ0) is 12.1. The molecule has 0 N–H and O–H groups in total. The lowest BCUT2D eigenvalue weighted by atomic mass is 9.69. The molecule has 18 heavy (non-hydrogen) atoms. The molecule has 0 aromatic heterocycles. The summed E-state index contributed by atoms with van der Waals surface area (Å²) in [7, 11) is 0. The molecule has 2 heterocycles. The minimum absolute atomic E-state index is 0.653. The minimum atomic E-state index is 0.653. The first kappa shape index (κ1) is 13.1. The highest BCUT2D eigenvalue weighted by atomic mass is 32.2. The first-order valence-electron chi connectivity index (χ1n) is 7.41. The molecule has 2 unspecified atom stereocenters. The fourth-order valence-electron chi connectivity index (χ4n) is 4.62. The average molecular weight is 319 g/mol. The predicted molar refractivity (Wildman–Crippen MR) is 90.0 cm³/mol. The van der Waals surface area contributed by atoms with Gasteiger partial charge in [0.2, 0.25) is 0 Å². The second-order valence-corrected chi connectivity index (χ2v) is 12.2. The van der Waals surface area contributed by atoms with Gasteiger partial charge in [0.1, 0.15) is 0 Å². The van der Waals surface area contributed by atoms with Gasteiger partial charge in [0.25, 0.3) is 0 Å². The number of hydrogen-bond donors (Lipinski definition) is 0. The van der Waals surface area contributed by atoms with Crippen molar-refractivity contribution >= 4 is 47.0 Å². The SMILES string of the molecule is C1CC2C(CCCC23SCCS3)C2(C1)SCCS2. The van der Waals surface area contributed by atoms with Crippen LogP contribution in [0.1, 0.15) is 38.5 Å². The van der Waals surface area contributed by atoms with Gasteiger partial charge in [0.05, 0.1) is 8.16 Å². The third-order valence-electron chi connectivity index (χ3n) is 5.25. The van der Waals surface area contributed by atoms with Crippen molar-refractivity contribution in [3.8, 4) is 0 Å². The lowest BCUT2D eigenvalue weighted by molar-refractivity contribution is 0.162. The van der Waals surface area contributed by atoms with Crippen LogP contribution < -0.4 is 0 Å². The van der Waals surface area contributed by atoms with Crippen LogP contribution in [0.5, 0.6) is 0 Å². The van der Waals surface area contributed by atoms with E-state index in [0.29, 0.717) is 8.16 Å². The Morgan fingerprint density at radius 3 is 1.39 bits per heavy atom. The molecule has 0 bridgehead atoms. The Bertz CT molecular complexity index is 286. The molecular formula is C14H22S4. The van der Waals surface area contributed by atoms with Crippen molar-refractivity contribution in [1.82, 2.24) is 0 Å².